The maximum atomic E-state index is 12.8. The third-order valence-electron chi connectivity index (χ3n) is 4.46. The molecule has 33 heavy (non-hydrogen) atoms. The average molecular weight is 480 g/mol. The van der Waals surface area contributed by atoms with Gasteiger partial charge in [-0.2, -0.15) is 0 Å². The SMILES string of the molecule is COc1cc(OC)c(/C=C/S(=O)(=O)Cc2ccc(OC)c(OC(=O)CN(C)C)c2)c(OC)c1. The van der Waals surface area contributed by atoms with Gasteiger partial charge in [0.25, 0.3) is 0 Å². The quantitative estimate of drug-likeness (QED) is 0.356. The van der Waals surface area contributed by atoms with Gasteiger partial charge in [-0.25, -0.2) is 8.42 Å². The summed E-state index contributed by atoms with van der Waals surface area (Å²) in [7, 11) is 5.66. The Morgan fingerprint density at radius 2 is 1.48 bits per heavy atom. The predicted molar refractivity (Wildman–Crippen MR) is 125 cm³/mol. The van der Waals surface area contributed by atoms with Crippen LogP contribution in [0.5, 0.6) is 28.7 Å². The number of sulfone groups is 1. The van der Waals surface area contributed by atoms with Crippen molar-refractivity contribution in [2.24, 2.45) is 0 Å². The molecule has 2 aromatic carbocycles. The van der Waals surface area contributed by atoms with Gasteiger partial charge in [-0.05, 0) is 37.9 Å². The molecule has 0 bridgehead atoms. The predicted octanol–water partition coefficient (Wildman–Crippen LogP) is 2.77. The highest BCUT2D eigenvalue weighted by molar-refractivity contribution is 7.93. The normalized spacial score (nSPS) is 11.5. The van der Waals surface area contributed by atoms with E-state index in [0.29, 0.717) is 34.1 Å². The minimum absolute atomic E-state index is 0.0694. The summed E-state index contributed by atoms with van der Waals surface area (Å²) in [5, 5.41) is 1.09. The molecular weight excluding hydrogens is 450 g/mol. The number of nitrogens with zero attached hydrogens (tertiary/aromatic N) is 1. The lowest BCUT2D eigenvalue weighted by atomic mass is 10.1. The molecule has 10 heteroatoms. The van der Waals surface area contributed by atoms with Gasteiger partial charge in [0.05, 0.1) is 46.3 Å². The molecule has 0 saturated carbocycles. The lowest BCUT2D eigenvalue weighted by Gasteiger charge is -2.13. The molecule has 9 nitrogen and oxygen atoms in total. The van der Waals surface area contributed by atoms with Crippen LogP contribution in [0.25, 0.3) is 6.08 Å². The minimum atomic E-state index is -3.69. The van der Waals surface area contributed by atoms with E-state index in [2.05, 4.69) is 0 Å². The number of ether oxygens (including phenoxy) is 5. The van der Waals surface area contributed by atoms with Crippen LogP contribution in [0.1, 0.15) is 11.1 Å². The van der Waals surface area contributed by atoms with Crippen molar-refractivity contribution in [1.29, 1.82) is 0 Å². The largest absolute Gasteiger partial charge is 0.496 e. The van der Waals surface area contributed by atoms with Crippen LogP contribution in [0.15, 0.2) is 35.7 Å². The summed E-state index contributed by atoms with van der Waals surface area (Å²) in [6.07, 6.45) is 1.41. The molecule has 0 spiro atoms. The van der Waals surface area contributed by atoms with Gasteiger partial charge in [0.2, 0.25) is 0 Å². The van der Waals surface area contributed by atoms with Gasteiger partial charge >= 0.3 is 5.97 Å². The van der Waals surface area contributed by atoms with E-state index in [0.717, 1.165) is 5.41 Å². The zero-order valence-electron chi connectivity index (χ0n) is 19.6. The second-order valence-corrected chi connectivity index (χ2v) is 9.14. The first-order valence-electron chi connectivity index (χ1n) is 9.85. The molecule has 0 amide bonds. The number of benzene rings is 2. The second kappa shape index (κ2) is 11.6. The molecular formula is C23H29NO8S. The van der Waals surface area contributed by atoms with Crippen LogP contribution in [0.4, 0.5) is 0 Å². The molecule has 0 atom stereocenters. The molecule has 0 heterocycles. The smallest absolute Gasteiger partial charge is 0.325 e. The van der Waals surface area contributed by atoms with Crippen LogP contribution in [0.3, 0.4) is 0 Å². The van der Waals surface area contributed by atoms with Crippen molar-refractivity contribution in [1.82, 2.24) is 4.90 Å². The van der Waals surface area contributed by atoms with Crippen LogP contribution < -0.4 is 23.7 Å². The zero-order valence-corrected chi connectivity index (χ0v) is 20.4. The maximum Gasteiger partial charge on any atom is 0.325 e. The number of esters is 1. The Labute approximate surface area is 194 Å². The average Bonchev–Trinajstić information content (AvgIpc) is 2.76. The molecule has 0 saturated heterocycles. The highest BCUT2D eigenvalue weighted by Gasteiger charge is 2.16. The molecule has 0 aliphatic rings. The van der Waals surface area contributed by atoms with Crippen molar-refractivity contribution < 1.29 is 36.9 Å². The Kier molecular flexibility index (Phi) is 9.12. The molecule has 0 N–H and O–H groups in total. The summed E-state index contributed by atoms with van der Waals surface area (Å²) in [6, 6.07) is 7.90. The van der Waals surface area contributed by atoms with Gasteiger partial charge in [0.15, 0.2) is 21.3 Å². The first kappa shape index (κ1) is 26.0. The van der Waals surface area contributed by atoms with E-state index >= 15 is 0 Å². The Morgan fingerprint density at radius 3 is 2.00 bits per heavy atom. The molecule has 0 aliphatic heterocycles. The fourth-order valence-corrected chi connectivity index (χ4v) is 4.04. The van der Waals surface area contributed by atoms with Gasteiger partial charge in [-0.15, -0.1) is 0 Å². The number of likely N-dealkylation sites (N-methyl/N-ethyl adjacent to an activating group) is 1. The van der Waals surface area contributed by atoms with E-state index in [9.17, 15) is 13.2 Å². The summed E-state index contributed by atoms with van der Waals surface area (Å²) >= 11 is 0. The van der Waals surface area contributed by atoms with Crippen molar-refractivity contribution in [2.45, 2.75) is 5.75 Å². The monoisotopic (exact) mass is 479 g/mol. The number of methoxy groups -OCH3 is 4. The maximum absolute atomic E-state index is 12.8. The fraction of sp³-hybridized carbons (Fsp3) is 0.348. The topological polar surface area (TPSA) is 101 Å². The molecule has 180 valence electrons. The first-order valence-corrected chi connectivity index (χ1v) is 11.6. The number of carbonyl (C=O) groups excluding carboxylic acids is 1. The summed E-state index contributed by atoms with van der Waals surface area (Å²) < 4.78 is 52.1. The Morgan fingerprint density at radius 1 is 0.879 bits per heavy atom. The van der Waals surface area contributed by atoms with E-state index < -0.39 is 15.8 Å². The van der Waals surface area contributed by atoms with Gasteiger partial charge in [-0.1, -0.05) is 6.07 Å². The highest BCUT2D eigenvalue weighted by atomic mass is 32.2. The summed E-state index contributed by atoms with van der Waals surface area (Å²) in [4.78, 5) is 13.7. The van der Waals surface area contributed by atoms with E-state index in [1.807, 2.05) is 0 Å². The Hall–Kier alpha value is -3.24. The third kappa shape index (κ3) is 7.40. The second-order valence-electron chi connectivity index (χ2n) is 7.25. The number of rotatable bonds is 11. The van der Waals surface area contributed by atoms with Gasteiger partial charge in [0, 0.05) is 17.5 Å². The first-order chi connectivity index (χ1) is 15.6. The van der Waals surface area contributed by atoms with E-state index in [1.165, 1.54) is 40.6 Å². The van der Waals surface area contributed by atoms with Crippen molar-refractivity contribution in [2.75, 3.05) is 49.1 Å². The van der Waals surface area contributed by atoms with Crippen LogP contribution in [0.2, 0.25) is 0 Å². The third-order valence-corrected chi connectivity index (χ3v) is 5.75. The van der Waals surface area contributed by atoms with Crippen LogP contribution in [-0.2, 0) is 20.4 Å². The van der Waals surface area contributed by atoms with Gasteiger partial charge < -0.3 is 23.7 Å². The highest BCUT2D eigenvalue weighted by Crippen LogP contribution is 2.35. The minimum Gasteiger partial charge on any atom is -0.496 e. The van der Waals surface area contributed by atoms with Gasteiger partial charge in [-0.3, -0.25) is 9.69 Å². The van der Waals surface area contributed by atoms with Crippen molar-refractivity contribution in [3.63, 3.8) is 0 Å². The molecule has 0 unspecified atom stereocenters. The Bertz CT molecular complexity index is 1080. The lowest BCUT2D eigenvalue weighted by molar-refractivity contribution is -0.135. The molecule has 0 aromatic heterocycles. The molecule has 0 radical (unpaired) electrons. The van der Waals surface area contributed by atoms with Crippen LogP contribution in [-0.4, -0.2) is 68.4 Å². The Balaban J connectivity index is 2.30. The number of hydrogen-bond acceptors (Lipinski definition) is 9. The van der Waals surface area contributed by atoms with E-state index in [1.54, 1.807) is 43.3 Å². The summed E-state index contributed by atoms with van der Waals surface area (Å²) in [6.45, 7) is 0.0694. The fourth-order valence-electron chi connectivity index (χ4n) is 2.95. The van der Waals surface area contributed by atoms with Crippen LogP contribution in [0, 0.1) is 0 Å². The van der Waals surface area contributed by atoms with Crippen molar-refractivity contribution in [3.8, 4) is 28.7 Å². The zero-order chi connectivity index (χ0) is 24.6. The lowest BCUT2D eigenvalue weighted by Crippen LogP contribution is -2.25. The summed E-state index contributed by atoms with van der Waals surface area (Å²) in [5.74, 6) is 0.988. The van der Waals surface area contributed by atoms with E-state index in [-0.39, 0.29) is 18.0 Å². The van der Waals surface area contributed by atoms with Crippen LogP contribution >= 0.6 is 0 Å². The van der Waals surface area contributed by atoms with Crippen molar-refractivity contribution >= 4 is 21.9 Å². The number of hydrogen-bond donors (Lipinski definition) is 0. The van der Waals surface area contributed by atoms with E-state index in [4.69, 9.17) is 23.7 Å². The van der Waals surface area contributed by atoms with Gasteiger partial charge in [0.1, 0.15) is 17.2 Å². The molecule has 2 aromatic rings. The standard InChI is InChI=1S/C23H29NO8S/c1-24(2)14-23(25)32-22-11-16(7-8-19(22)29-4)15-33(26,27)10-9-18-20(30-5)12-17(28-3)13-21(18)31-6/h7-13H,14-15H2,1-6H3/b10-9+. The summed E-state index contributed by atoms with van der Waals surface area (Å²) in [5.41, 5.74) is 0.888. The number of carbonyl (C=O) groups is 1. The molecule has 0 fully saturated rings. The molecule has 0 aliphatic carbocycles. The molecule has 2 rings (SSSR count). The van der Waals surface area contributed by atoms with Crippen molar-refractivity contribution in [3.05, 3.63) is 46.9 Å².